The predicted molar refractivity (Wildman–Crippen MR) is 118 cm³/mol. The molecule has 0 fully saturated rings. The van der Waals surface area contributed by atoms with Gasteiger partial charge in [-0.1, -0.05) is 23.7 Å². The molecule has 1 heterocycles. The quantitative estimate of drug-likeness (QED) is 0.558. The summed E-state index contributed by atoms with van der Waals surface area (Å²) in [5.41, 5.74) is 4.00. The first-order valence-corrected chi connectivity index (χ1v) is 9.65. The van der Waals surface area contributed by atoms with Crippen LogP contribution < -0.4 is 15.5 Å². The Morgan fingerprint density at radius 1 is 0.833 bits per heavy atom. The van der Waals surface area contributed by atoms with Gasteiger partial charge in [0.25, 0.3) is 11.8 Å². The molecular formula is C23H18ClN3O3. The Bertz CT molecular complexity index is 1210. The van der Waals surface area contributed by atoms with Gasteiger partial charge in [0.15, 0.2) is 0 Å². The summed E-state index contributed by atoms with van der Waals surface area (Å²) in [6.45, 7) is 3.72. The lowest BCUT2D eigenvalue weighted by Gasteiger charge is -2.18. The molecule has 0 unspecified atom stereocenters. The number of hydrogen-bond acceptors (Lipinski definition) is 3. The van der Waals surface area contributed by atoms with Crippen molar-refractivity contribution in [3.05, 3.63) is 87.9 Å². The van der Waals surface area contributed by atoms with Crippen LogP contribution in [0, 0.1) is 13.8 Å². The molecule has 7 heteroatoms. The van der Waals surface area contributed by atoms with E-state index in [1.807, 2.05) is 25.1 Å². The van der Waals surface area contributed by atoms with Gasteiger partial charge in [0, 0.05) is 16.4 Å². The van der Waals surface area contributed by atoms with Crippen LogP contribution in [0.5, 0.6) is 0 Å². The summed E-state index contributed by atoms with van der Waals surface area (Å²) in [7, 11) is 0. The average molecular weight is 420 g/mol. The maximum Gasteiger partial charge on any atom is 0.323 e. The summed E-state index contributed by atoms with van der Waals surface area (Å²) >= 11 is 5.97. The lowest BCUT2D eigenvalue weighted by molar-refractivity contribution is 0.0926. The monoisotopic (exact) mass is 419 g/mol. The van der Waals surface area contributed by atoms with Crippen LogP contribution in [0.15, 0.2) is 60.7 Å². The van der Waals surface area contributed by atoms with E-state index < -0.39 is 11.8 Å². The van der Waals surface area contributed by atoms with Gasteiger partial charge in [-0.2, -0.15) is 0 Å². The number of anilines is 3. The molecule has 0 saturated heterocycles. The fourth-order valence-corrected chi connectivity index (χ4v) is 3.60. The maximum atomic E-state index is 12.8. The van der Waals surface area contributed by atoms with Gasteiger partial charge in [0.1, 0.15) is 0 Å². The summed E-state index contributed by atoms with van der Waals surface area (Å²) < 4.78 is 0. The molecule has 6 nitrogen and oxygen atoms in total. The highest BCUT2D eigenvalue weighted by molar-refractivity contribution is 6.37. The number of halogens is 1. The molecule has 0 saturated carbocycles. The van der Waals surface area contributed by atoms with Crippen LogP contribution in [0.1, 0.15) is 31.8 Å². The third-order valence-corrected chi connectivity index (χ3v) is 5.06. The van der Waals surface area contributed by atoms with E-state index in [9.17, 15) is 14.4 Å². The Balaban J connectivity index is 1.53. The molecule has 2 N–H and O–H groups in total. The Kier molecular flexibility index (Phi) is 5.01. The number of carbonyl (C=O) groups is 3. The minimum atomic E-state index is -0.418. The number of urea groups is 1. The fourth-order valence-electron chi connectivity index (χ4n) is 3.43. The first-order valence-electron chi connectivity index (χ1n) is 9.27. The van der Waals surface area contributed by atoms with Crippen molar-refractivity contribution in [3.8, 4) is 0 Å². The summed E-state index contributed by atoms with van der Waals surface area (Å²) in [4.78, 5) is 38.9. The zero-order valence-corrected chi connectivity index (χ0v) is 17.1. The van der Waals surface area contributed by atoms with Crippen LogP contribution in [0.4, 0.5) is 21.9 Å². The van der Waals surface area contributed by atoms with Crippen molar-refractivity contribution < 1.29 is 14.4 Å². The lowest BCUT2D eigenvalue weighted by Crippen LogP contribution is -2.30. The molecule has 0 bridgehead atoms. The smallest absolute Gasteiger partial charge is 0.308 e. The molecule has 4 rings (SSSR count). The van der Waals surface area contributed by atoms with E-state index >= 15 is 0 Å². The third-order valence-electron chi connectivity index (χ3n) is 4.82. The van der Waals surface area contributed by atoms with E-state index in [-0.39, 0.29) is 11.6 Å². The zero-order chi connectivity index (χ0) is 21.4. The summed E-state index contributed by atoms with van der Waals surface area (Å²) in [5, 5.41) is 5.93. The molecule has 0 aliphatic carbocycles. The second-order valence-corrected chi connectivity index (χ2v) is 7.52. The molecule has 1 aliphatic rings. The Morgan fingerprint density at radius 2 is 1.53 bits per heavy atom. The molecular weight excluding hydrogens is 402 g/mol. The number of nitrogens with one attached hydrogen (secondary N) is 2. The van der Waals surface area contributed by atoms with Gasteiger partial charge >= 0.3 is 6.03 Å². The fraction of sp³-hybridized carbons (Fsp3) is 0.0870. The van der Waals surface area contributed by atoms with Crippen molar-refractivity contribution in [1.82, 2.24) is 0 Å². The summed E-state index contributed by atoms with van der Waals surface area (Å²) in [5.74, 6) is -0.814. The number of benzene rings is 3. The highest BCUT2D eigenvalue weighted by Crippen LogP contribution is 2.33. The Hall–Kier alpha value is -3.64. The van der Waals surface area contributed by atoms with Gasteiger partial charge in [-0.15, -0.1) is 0 Å². The van der Waals surface area contributed by atoms with Crippen LogP contribution in [-0.2, 0) is 0 Å². The lowest BCUT2D eigenvalue weighted by atomic mass is 10.1. The minimum absolute atomic E-state index is 0.284. The van der Waals surface area contributed by atoms with Crippen molar-refractivity contribution in [1.29, 1.82) is 0 Å². The number of hydrogen-bond donors (Lipinski definition) is 2. The van der Waals surface area contributed by atoms with Crippen molar-refractivity contribution >= 4 is 46.5 Å². The standard InChI is InChI=1S/C23H18ClN3O3/c1-13-4-3-5-16(10-13)25-23(30)26-17-7-9-20(14(2)11-17)27-21(28)18-8-6-15(24)12-19(18)22(27)29/h3-12H,1-2H3,(H2,25,26,30). The molecule has 0 atom stereocenters. The number of fused-ring (bicyclic) bond motifs is 1. The first-order chi connectivity index (χ1) is 14.3. The van der Waals surface area contributed by atoms with Gasteiger partial charge in [0.05, 0.1) is 16.8 Å². The van der Waals surface area contributed by atoms with E-state index in [1.165, 1.54) is 6.07 Å². The van der Waals surface area contributed by atoms with E-state index in [2.05, 4.69) is 10.6 Å². The van der Waals surface area contributed by atoms with Crippen LogP contribution >= 0.6 is 11.6 Å². The summed E-state index contributed by atoms with van der Waals surface area (Å²) in [6.07, 6.45) is 0. The third kappa shape index (κ3) is 3.65. The average Bonchev–Trinajstić information content (AvgIpc) is 2.92. The van der Waals surface area contributed by atoms with E-state index in [1.54, 1.807) is 43.3 Å². The van der Waals surface area contributed by atoms with Crippen LogP contribution in [0.25, 0.3) is 0 Å². The van der Waals surface area contributed by atoms with E-state index in [0.717, 1.165) is 10.5 Å². The van der Waals surface area contributed by atoms with Gasteiger partial charge in [-0.3, -0.25) is 9.59 Å². The topological polar surface area (TPSA) is 78.5 Å². The van der Waals surface area contributed by atoms with E-state index in [4.69, 9.17) is 11.6 Å². The van der Waals surface area contributed by atoms with Crippen molar-refractivity contribution in [2.45, 2.75) is 13.8 Å². The molecule has 0 radical (unpaired) electrons. The highest BCUT2D eigenvalue weighted by Gasteiger charge is 2.37. The molecule has 150 valence electrons. The van der Waals surface area contributed by atoms with Crippen LogP contribution in [0.3, 0.4) is 0 Å². The molecule has 30 heavy (non-hydrogen) atoms. The SMILES string of the molecule is Cc1cccc(NC(=O)Nc2ccc(N3C(=O)c4ccc(Cl)cc4C3=O)c(C)c2)c1. The Morgan fingerprint density at radius 3 is 2.23 bits per heavy atom. The van der Waals surface area contributed by atoms with Gasteiger partial charge < -0.3 is 10.6 Å². The van der Waals surface area contributed by atoms with Crippen molar-refractivity contribution in [2.24, 2.45) is 0 Å². The van der Waals surface area contributed by atoms with Crippen molar-refractivity contribution in [3.63, 3.8) is 0 Å². The number of imide groups is 1. The second kappa shape index (κ2) is 7.65. The summed E-state index contributed by atoms with van der Waals surface area (Å²) in [6, 6.07) is 16.7. The molecule has 0 aromatic heterocycles. The first kappa shape index (κ1) is 19.7. The molecule has 0 spiro atoms. The Labute approximate surface area is 178 Å². The van der Waals surface area contributed by atoms with Crippen LogP contribution in [-0.4, -0.2) is 17.8 Å². The normalized spacial score (nSPS) is 12.7. The number of rotatable bonds is 3. The largest absolute Gasteiger partial charge is 0.323 e. The molecule has 3 aromatic carbocycles. The van der Waals surface area contributed by atoms with Crippen molar-refractivity contribution in [2.75, 3.05) is 15.5 Å². The predicted octanol–water partition coefficient (Wildman–Crippen LogP) is 5.40. The molecule has 4 amide bonds. The maximum absolute atomic E-state index is 12.8. The van der Waals surface area contributed by atoms with E-state index in [0.29, 0.717) is 33.2 Å². The number of amides is 4. The zero-order valence-electron chi connectivity index (χ0n) is 16.3. The van der Waals surface area contributed by atoms with Crippen LogP contribution in [0.2, 0.25) is 5.02 Å². The number of aryl methyl sites for hydroxylation is 2. The number of carbonyl (C=O) groups excluding carboxylic acids is 3. The van der Waals surface area contributed by atoms with Gasteiger partial charge in [-0.05, 0) is 73.5 Å². The minimum Gasteiger partial charge on any atom is -0.308 e. The highest BCUT2D eigenvalue weighted by atomic mass is 35.5. The molecule has 3 aromatic rings. The van der Waals surface area contributed by atoms with Gasteiger partial charge in [0.2, 0.25) is 0 Å². The second-order valence-electron chi connectivity index (χ2n) is 7.09. The van der Waals surface area contributed by atoms with Gasteiger partial charge in [-0.25, -0.2) is 9.69 Å². The number of nitrogens with zero attached hydrogens (tertiary/aromatic N) is 1. The molecule has 1 aliphatic heterocycles.